The van der Waals surface area contributed by atoms with Crippen molar-refractivity contribution in [1.82, 2.24) is 24.6 Å². The van der Waals surface area contributed by atoms with E-state index in [1.54, 1.807) is 0 Å². The highest BCUT2D eigenvalue weighted by atomic mass is 15.3. The molecule has 2 aromatic rings. The summed E-state index contributed by atoms with van der Waals surface area (Å²) in [5, 5.41) is 8.83. The van der Waals surface area contributed by atoms with Gasteiger partial charge in [-0.15, -0.1) is 10.2 Å². The van der Waals surface area contributed by atoms with Crippen LogP contribution in [0.15, 0.2) is 36.7 Å². The fourth-order valence-electron chi connectivity index (χ4n) is 5.40. The maximum Gasteiger partial charge on any atom is 0.137 e. The number of hydrogen-bond acceptors (Lipinski definition) is 4. The molecule has 1 unspecified atom stereocenters. The van der Waals surface area contributed by atoms with Crippen LogP contribution < -0.4 is 0 Å². The molecule has 0 amide bonds. The van der Waals surface area contributed by atoms with E-state index in [0.29, 0.717) is 11.3 Å². The highest BCUT2D eigenvalue weighted by molar-refractivity contribution is 5.15. The van der Waals surface area contributed by atoms with Gasteiger partial charge in [-0.3, -0.25) is 0 Å². The average molecular weight is 382 g/mol. The third-order valence-corrected chi connectivity index (χ3v) is 6.87. The summed E-state index contributed by atoms with van der Waals surface area (Å²) in [7, 11) is 2.27. The molecule has 5 nitrogen and oxygen atoms in total. The van der Waals surface area contributed by atoms with Crippen molar-refractivity contribution in [3.05, 3.63) is 48.0 Å². The van der Waals surface area contributed by atoms with Gasteiger partial charge in [0, 0.05) is 25.6 Å². The molecule has 1 atom stereocenters. The van der Waals surface area contributed by atoms with E-state index in [2.05, 4.69) is 68.9 Å². The maximum atomic E-state index is 4.58. The zero-order valence-corrected chi connectivity index (χ0v) is 17.6. The van der Waals surface area contributed by atoms with E-state index in [0.717, 1.165) is 19.5 Å². The second kappa shape index (κ2) is 8.75. The highest BCUT2D eigenvalue weighted by Crippen LogP contribution is 2.48. The molecule has 2 fully saturated rings. The van der Waals surface area contributed by atoms with Crippen LogP contribution in [-0.2, 0) is 13.0 Å². The van der Waals surface area contributed by atoms with E-state index in [4.69, 9.17) is 0 Å². The summed E-state index contributed by atoms with van der Waals surface area (Å²) in [6, 6.07) is 10.9. The van der Waals surface area contributed by atoms with Crippen molar-refractivity contribution in [3.63, 3.8) is 0 Å². The van der Waals surface area contributed by atoms with Gasteiger partial charge < -0.3 is 14.4 Å². The zero-order chi connectivity index (χ0) is 19.4. The predicted molar refractivity (Wildman–Crippen MR) is 113 cm³/mol. The lowest BCUT2D eigenvalue weighted by molar-refractivity contribution is 0.0950. The summed E-state index contributed by atoms with van der Waals surface area (Å²) in [4.78, 5) is 5.20. The molecule has 152 valence electrons. The van der Waals surface area contributed by atoms with Gasteiger partial charge in [0.15, 0.2) is 0 Å². The van der Waals surface area contributed by atoms with Gasteiger partial charge in [-0.2, -0.15) is 0 Å². The molecule has 0 aliphatic carbocycles. The van der Waals surface area contributed by atoms with Crippen LogP contribution in [-0.4, -0.2) is 64.3 Å². The van der Waals surface area contributed by atoms with Crippen LogP contribution in [0.5, 0.6) is 0 Å². The van der Waals surface area contributed by atoms with Crippen molar-refractivity contribution in [2.24, 2.45) is 5.41 Å². The Hall–Kier alpha value is -1.72. The molecular weight excluding hydrogens is 346 g/mol. The molecule has 1 aromatic heterocycles. The Morgan fingerprint density at radius 3 is 2.64 bits per heavy atom. The minimum atomic E-state index is 0.378. The molecule has 4 rings (SSSR count). The summed E-state index contributed by atoms with van der Waals surface area (Å²) in [6.45, 7) is 9.25. The first-order chi connectivity index (χ1) is 13.7. The fraction of sp³-hybridized carbons (Fsp3) is 0.652. The van der Waals surface area contributed by atoms with Gasteiger partial charge in [-0.05, 0) is 69.8 Å². The molecule has 1 spiro atoms. The van der Waals surface area contributed by atoms with Crippen molar-refractivity contribution < 1.29 is 0 Å². The van der Waals surface area contributed by atoms with Crippen LogP contribution in [0.4, 0.5) is 0 Å². The summed E-state index contributed by atoms with van der Waals surface area (Å²) < 4.78 is 2.30. The van der Waals surface area contributed by atoms with Gasteiger partial charge in [-0.25, -0.2) is 0 Å². The monoisotopic (exact) mass is 381 g/mol. The Morgan fingerprint density at radius 2 is 1.89 bits per heavy atom. The van der Waals surface area contributed by atoms with Crippen LogP contribution in [0, 0.1) is 5.41 Å². The van der Waals surface area contributed by atoms with Crippen molar-refractivity contribution in [3.8, 4) is 0 Å². The zero-order valence-electron chi connectivity index (χ0n) is 17.6. The Bertz CT molecular complexity index is 732. The molecule has 3 heterocycles. The number of aromatic nitrogens is 3. The third kappa shape index (κ3) is 4.15. The van der Waals surface area contributed by atoms with Crippen LogP contribution in [0.2, 0.25) is 0 Å². The summed E-state index contributed by atoms with van der Waals surface area (Å²) in [5.74, 6) is 1.75. The van der Waals surface area contributed by atoms with Gasteiger partial charge in [0.05, 0.1) is 0 Å². The molecule has 0 bridgehead atoms. The number of rotatable bonds is 7. The first-order valence-corrected chi connectivity index (χ1v) is 11.0. The second-order valence-electron chi connectivity index (χ2n) is 8.93. The quantitative estimate of drug-likeness (QED) is 0.736. The molecule has 5 heteroatoms. The van der Waals surface area contributed by atoms with Gasteiger partial charge in [-0.1, -0.05) is 37.3 Å². The topological polar surface area (TPSA) is 37.2 Å². The lowest BCUT2D eigenvalue weighted by Gasteiger charge is -2.42. The SMILES string of the molecule is CCCn1cnnc1C1CN(C)CC12CCN(CCCc1ccccc1)CC2. The Morgan fingerprint density at radius 1 is 1.11 bits per heavy atom. The summed E-state index contributed by atoms with van der Waals surface area (Å²) in [6.07, 6.45) is 8.08. The summed E-state index contributed by atoms with van der Waals surface area (Å²) in [5.41, 5.74) is 1.84. The molecule has 0 radical (unpaired) electrons. The Balaban J connectivity index is 1.35. The second-order valence-corrected chi connectivity index (χ2v) is 8.93. The normalized spacial score (nSPS) is 22.9. The van der Waals surface area contributed by atoms with E-state index in [1.807, 2.05) is 6.33 Å². The van der Waals surface area contributed by atoms with Gasteiger partial charge in [0.1, 0.15) is 12.2 Å². The van der Waals surface area contributed by atoms with Gasteiger partial charge >= 0.3 is 0 Å². The lowest BCUT2D eigenvalue weighted by Crippen LogP contribution is -2.44. The minimum Gasteiger partial charge on any atom is -0.317 e. The smallest absolute Gasteiger partial charge is 0.137 e. The number of likely N-dealkylation sites (tertiary alicyclic amines) is 2. The van der Waals surface area contributed by atoms with E-state index >= 15 is 0 Å². The maximum absolute atomic E-state index is 4.58. The number of nitrogens with zero attached hydrogens (tertiary/aromatic N) is 5. The van der Waals surface area contributed by atoms with Crippen LogP contribution in [0.1, 0.15) is 49.9 Å². The number of likely N-dealkylation sites (N-methyl/N-ethyl adjacent to an activating group) is 1. The van der Waals surface area contributed by atoms with E-state index in [9.17, 15) is 0 Å². The number of piperidine rings is 1. The molecule has 28 heavy (non-hydrogen) atoms. The standard InChI is InChI=1S/C23H35N5/c1-3-13-28-19-24-25-22(28)21-17-26(2)18-23(21)11-15-27(16-12-23)14-7-10-20-8-5-4-6-9-20/h4-6,8-9,19,21H,3,7,10-18H2,1-2H3. The van der Waals surface area contributed by atoms with E-state index in [1.165, 1.54) is 63.3 Å². The predicted octanol–water partition coefficient (Wildman–Crippen LogP) is 3.43. The Kier molecular flexibility index (Phi) is 6.12. The molecule has 0 N–H and O–H groups in total. The van der Waals surface area contributed by atoms with E-state index in [-0.39, 0.29) is 0 Å². The van der Waals surface area contributed by atoms with Crippen LogP contribution in [0.3, 0.4) is 0 Å². The molecule has 2 aliphatic rings. The molecule has 2 aliphatic heterocycles. The fourth-order valence-corrected chi connectivity index (χ4v) is 5.40. The summed E-state index contributed by atoms with van der Waals surface area (Å²) >= 11 is 0. The minimum absolute atomic E-state index is 0.378. The van der Waals surface area contributed by atoms with Crippen molar-refractivity contribution >= 4 is 0 Å². The molecule has 2 saturated heterocycles. The molecule has 0 saturated carbocycles. The molecule has 1 aromatic carbocycles. The first kappa shape index (κ1) is 19.6. The van der Waals surface area contributed by atoms with Gasteiger partial charge in [0.2, 0.25) is 0 Å². The number of hydrogen-bond donors (Lipinski definition) is 0. The lowest BCUT2D eigenvalue weighted by atomic mass is 9.70. The largest absolute Gasteiger partial charge is 0.317 e. The van der Waals surface area contributed by atoms with Gasteiger partial charge in [0.25, 0.3) is 0 Å². The van der Waals surface area contributed by atoms with Crippen molar-refractivity contribution in [2.75, 3.05) is 39.8 Å². The Labute approximate surface area is 169 Å². The first-order valence-electron chi connectivity index (χ1n) is 11.0. The van der Waals surface area contributed by atoms with Crippen LogP contribution >= 0.6 is 0 Å². The van der Waals surface area contributed by atoms with Crippen LogP contribution in [0.25, 0.3) is 0 Å². The third-order valence-electron chi connectivity index (χ3n) is 6.87. The van der Waals surface area contributed by atoms with E-state index < -0.39 is 0 Å². The number of benzene rings is 1. The molecular formula is C23H35N5. The number of aryl methyl sites for hydroxylation is 2. The average Bonchev–Trinajstić information content (AvgIpc) is 3.28. The highest BCUT2D eigenvalue weighted by Gasteiger charge is 2.49. The van der Waals surface area contributed by atoms with Crippen molar-refractivity contribution in [2.45, 2.75) is 51.5 Å². The van der Waals surface area contributed by atoms with Crippen molar-refractivity contribution in [1.29, 1.82) is 0 Å².